The summed E-state index contributed by atoms with van der Waals surface area (Å²) < 4.78 is 10.8. The van der Waals surface area contributed by atoms with Gasteiger partial charge in [-0.15, -0.1) is 0 Å². The third-order valence-electron chi connectivity index (χ3n) is 6.68. The van der Waals surface area contributed by atoms with Crippen LogP contribution in [0.25, 0.3) is 11.1 Å². The first kappa shape index (κ1) is 20.1. The number of para-hydroxylation sites is 2. The van der Waals surface area contributed by atoms with E-state index in [-0.39, 0.29) is 11.8 Å². The van der Waals surface area contributed by atoms with Crippen LogP contribution in [-0.2, 0) is 11.3 Å². The molecule has 2 fully saturated rings. The Morgan fingerprint density at radius 2 is 1.87 bits per heavy atom. The molecule has 4 heterocycles. The third-order valence-corrected chi connectivity index (χ3v) is 6.68. The van der Waals surface area contributed by atoms with Crippen molar-refractivity contribution in [3.05, 3.63) is 42.3 Å². The number of hydrogen-bond acceptors (Lipinski definition) is 7. The van der Waals surface area contributed by atoms with E-state index in [1.54, 1.807) is 17.2 Å². The Morgan fingerprint density at radius 3 is 2.58 bits per heavy atom. The van der Waals surface area contributed by atoms with Gasteiger partial charge in [-0.25, -0.2) is 0 Å². The summed E-state index contributed by atoms with van der Waals surface area (Å²) >= 11 is 0. The Labute approximate surface area is 181 Å². The van der Waals surface area contributed by atoms with Gasteiger partial charge in [0.15, 0.2) is 5.58 Å². The Hall–Kier alpha value is -2.87. The van der Waals surface area contributed by atoms with Gasteiger partial charge in [0, 0.05) is 38.2 Å². The molecule has 2 aromatic heterocycles. The normalized spacial score (nSPS) is 19.2. The summed E-state index contributed by atoms with van der Waals surface area (Å²) in [6.07, 6.45) is 5.59. The van der Waals surface area contributed by atoms with Gasteiger partial charge in [-0.2, -0.15) is 4.98 Å². The first-order valence-corrected chi connectivity index (χ1v) is 11.2. The van der Waals surface area contributed by atoms with Gasteiger partial charge in [0.1, 0.15) is 17.5 Å². The van der Waals surface area contributed by atoms with E-state index >= 15 is 0 Å². The highest BCUT2D eigenvalue weighted by Crippen LogP contribution is 2.28. The van der Waals surface area contributed by atoms with Crippen molar-refractivity contribution in [2.24, 2.45) is 5.92 Å². The quantitative estimate of drug-likeness (QED) is 0.624. The lowest BCUT2D eigenvalue weighted by molar-refractivity contribution is -0.136. The first-order chi connectivity index (χ1) is 15.2. The summed E-state index contributed by atoms with van der Waals surface area (Å²) in [5.74, 6) is 0.321. The zero-order valence-corrected chi connectivity index (χ0v) is 17.9. The number of carbonyl (C=O) groups is 1. The summed E-state index contributed by atoms with van der Waals surface area (Å²) in [5, 5.41) is 3.90. The van der Waals surface area contributed by atoms with Crippen molar-refractivity contribution in [1.82, 2.24) is 19.9 Å². The van der Waals surface area contributed by atoms with Gasteiger partial charge in [0.05, 0.1) is 6.54 Å². The van der Waals surface area contributed by atoms with E-state index in [1.165, 1.54) is 0 Å². The van der Waals surface area contributed by atoms with Gasteiger partial charge in [-0.05, 0) is 50.9 Å². The summed E-state index contributed by atoms with van der Waals surface area (Å²) in [6, 6.07) is 11.0. The fourth-order valence-electron chi connectivity index (χ4n) is 4.88. The van der Waals surface area contributed by atoms with Gasteiger partial charge >= 0.3 is 0 Å². The van der Waals surface area contributed by atoms with Gasteiger partial charge in [-0.1, -0.05) is 17.3 Å². The van der Waals surface area contributed by atoms with Crippen LogP contribution in [0.1, 0.15) is 31.4 Å². The molecule has 0 aliphatic carbocycles. The van der Waals surface area contributed by atoms with Crippen LogP contribution >= 0.6 is 0 Å². The van der Waals surface area contributed by atoms with Crippen LogP contribution < -0.4 is 4.90 Å². The van der Waals surface area contributed by atoms with Crippen LogP contribution in [0.5, 0.6) is 0 Å². The molecule has 1 aromatic carbocycles. The van der Waals surface area contributed by atoms with Crippen LogP contribution in [0.2, 0.25) is 0 Å². The van der Waals surface area contributed by atoms with E-state index in [4.69, 9.17) is 8.94 Å². The molecule has 0 saturated carbocycles. The number of hydrogen-bond donors (Lipinski definition) is 0. The molecule has 2 aliphatic rings. The van der Waals surface area contributed by atoms with Crippen molar-refractivity contribution in [2.45, 2.75) is 38.3 Å². The first-order valence-electron chi connectivity index (χ1n) is 11.2. The number of amides is 1. The predicted molar refractivity (Wildman–Crippen MR) is 117 cm³/mol. The summed E-state index contributed by atoms with van der Waals surface area (Å²) in [5.41, 5.74) is 2.55. The largest absolute Gasteiger partial charge is 0.423 e. The van der Waals surface area contributed by atoms with E-state index in [2.05, 4.69) is 19.9 Å². The highest BCUT2D eigenvalue weighted by molar-refractivity contribution is 5.78. The van der Waals surface area contributed by atoms with Crippen molar-refractivity contribution in [3.63, 3.8) is 0 Å². The van der Waals surface area contributed by atoms with Gasteiger partial charge in [0.25, 0.3) is 6.01 Å². The molecule has 0 atom stereocenters. The molecule has 0 unspecified atom stereocenters. The van der Waals surface area contributed by atoms with Crippen molar-refractivity contribution < 1.29 is 13.7 Å². The zero-order chi connectivity index (χ0) is 21.2. The Morgan fingerprint density at radius 1 is 1.10 bits per heavy atom. The predicted octanol–water partition coefficient (Wildman–Crippen LogP) is 3.16. The van der Waals surface area contributed by atoms with Crippen LogP contribution in [0, 0.1) is 5.92 Å². The number of aromatic nitrogens is 2. The smallest absolute Gasteiger partial charge is 0.298 e. The second-order valence-electron chi connectivity index (χ2n) is 8.68. The number of benzene rings is 1. The molecule has 0 spiro atoms. The number of piperidine rings is 2. The zero-order valence-electron chi connectivity index (χ0n) is 17.9. The molecule has 3 aromatic rings. The standard InChI is InChI=1S/C23H29N5O3/c1-26(16-18-10-15-30-25-18)22(29)17-6-11-27(12-7-17)19-8-13-28(14-9-19)23-24-20-4-2-3-5-21(20)31-23/h2-5,10,15,17,19H,6-9,11-14,16H2,1H3. The lowest BCUT2D eigenvalue weighted by Crippen LogP contribution is -2.49. The van der Waals surface area contributed by atoms with Crippen LogP contribution in [0.4, 0.5) is 6.01 Å². The van der Waals surface area contributed by atoms with Gasteiger partial charge < -0.3 is 23.6 Å². The van der Waals surface area contributed by atoms with Crippen LogP contribution in [-0.4, -0.2) is 65.1 Å². The number of anilines is 1. The van der Waals surface area contributed by atoms with E-state index in [9.17, 15) is 4.79 Å². The molecular weight excluding hydrogens is 394 g/mol. The maximum Gasteiger partial charge on any atom is 0.298 e. The van der Waals surface area contributed by atoms with Crippen molar-refractivity contribution in [2.75, 3.05) is 38.1 Å². The topological polar surface area (TPSA) is 78.9 Å². The molecule has 164 valence electrons. The van der Waals surface area contributed by atoms with Gasteiger partial charge in [-0.3, -0.25) is 4.79 Å². The van der Waals surface area contributed by atoms with E-state index in [0.29, 0.717) is 12.6 Å². The number of nitrogens with zero attached hydrogens (tertiary/aromatic N) is 5. The van der Waals surface area contributed by atoms with Crippen molar-refractivity contribution >= 4 is 23.0 Å². The maximum atomic E-state index is 12.8. The molecule has 2 saturated heterocycles. The molecule has 8 heteroatoms. The highest BCUT2D eigenvalue weighted by atomic mass is 16.5. The lowest BCUT2D eigenvalue weighted by atomic mass is 9.92. The van der Waals surface area contributed by atoms with E-state index in [0.717, 1.165) is 74.7 Å². The minimum atomic E-state index is 0.105. The minimum absolute atomic E-state index is 0.105. The van der Waals surface area contributed by atoms with E-state index < -0.39 is 0 Å². The second kappa shape index (κ2) is 8.70. The molecule has 2 aliphatic heterocycles. The maximum absolute atomic E-state index is 12.8. The molecule has 8 nitrogen and oxygen atoms in total. The monoisotopic (exact) mass is 423 g/mol. The molecule has 0 N–H and O–H groups in total. The van der Waals surface area contributed by atoms with Crippen molar-refractivity contribution in [3.8, 4) is 0 Å². The summed E-state index contributed by atoms with van der Waals surface area (Å²) in [6.45, 7) is 4.39. The average molecular weight is 424 g/mol. The van der Waals surface area contributed by atoms with E-state index in [1.807, 2.05) is 31.3 Å². The number of fused-ring (bicyclic) bond motifs is 1. The SMILES string of the molecule is CN(Cc1ccon1)C(=O)C1CCN(C2CCN(c3nc4ccccc4o3)CC2)CC1. The lowest BCUT2D eigenvalue weighted by Gasteiger charge is -2.41. The number of oxazole rings is 1. The number of likely N-dealkylation sites (tertiary alicyclic amines) is 1. The molecule has 31 heavy (non-hydrogen) atoms. The second-order valence-corrected chi connectivity index (χ2v) is 8.68. The molecule has 5 rings (SSSR count). The van der Waals surface area contributed by atoms with Gasteiger partial charge in [0.2, 0.25) is 5.91 Å². The molecule has 1 amide bonds. The van der Waals surface area contributed by atoms with Crippen LogP contribution in [0.15, 0.2) is 45.5 Å². The Balaban J connectivity index is 1.10. The number of rotatable bonds is 5. The third kappa shape index (κ3) is 4.30. The summed E-state index contributed by atoms with van der Waals surface area (Å²) in [4.78, 5) is 24.1. The molecule has 0 bridgehead atoms. The highest BCUT2D eigenvalue weighted by Gasteiger charge is 2.32. The minimum Gasteiger partial charge on any atom is -0.423 e. The fourth-order valence-corrected chi connectivity index (χ4v) is 4.88. The summed E-state index contributed by atoms with van der Waals surface area (Å²) in [7, 11) is 1.85. The van der Waals surface area contributed by atoms with Crippen molar-refractivity contribution in [1.29, 1.82) is 0 Å². The van der Waals surface area contributed by atoms with Crippen LogP contribution in [0.3, 0.4) is 0 Å². The molecular formula is C23H29N5O3. The number of carbonyl (C=O) groups excluding carboxylic acids is 1. The average Bonchev–Trinajstić information content (AvgIpc) is 3.48. The Bertz CT molecular complexity index is 968. The fraction of sp³-hybridized carbons (Fsp3) is 0.522. The molecule has 0 radical (unpaired) electrons. The Kier molecular flexibility index (Phi) is 5.63.